The second kappa shape index (κ2) is 6.12. The molecule has 2 rings (SSSR count). The highest BCUT2D eigenvalue weighted by Crippen LogP contribution is 2.45. The van der Waals surface area contributed by atoms with E-state index >= 15 is 0 Å². The van der Waals surface area contributed by atoms with E-state index in [1.807, 2.05) is 0 Å². The molecule has 0 heterocycles. The van der Waals surface area contributed by atoms with Crippen LogP contribution in [0.4, 0.5) is 0 Å². The molecule has 0 saturated heterocycles. The molecule has 0 amide bonds. The minimum Gasteiger partial charge on any atom is -0.385 e. The van der Waals surface area contributed by atoms with Crippen LogP contribution in [-0.4, -0.2) is 5.11 Å². The molecule has 1 aromatic carbocycles. The second-order valence-corrected chi connectivity index (χ2v) is 8.47. The van der Waals surface area contributed by atoms with Crippen LogP contribution in [0.5, 0.6) is 0 Å². The summed E-state index contributed by atoms with van der Waals surface area (Å²) < 4.78 is 0. The molecule has 1 saturated carbocycles. The zero-order chi connectivity index (χ0) is 15.7. The van der Waals surface area contributed by atoms with Crippen molar-refractivity contribution >= 4 is 0 Å². The quantitative estimate of drug-likeness (QED) is 0.799. The lowest BCUT2D eigenvalue weighted by Gasteiger charge is -2.41. The number of aliphatic hydroxyl groups is 1. The van der Waals surface area contributed by atoms with Crippen LogP contribution in [0, 0.1) is 17.3 Å². The van der Waals surface area contributed by atoms with Gasteiger partial charge in [-0.25, -0.2) is 0 Å². The Morgan fingerprint density at radius 1 is 1.19 bits per heavy atom. The van der Waals surface area contributed by atoms with Gasteiger partial charge in [-0.15, -0.1) is 0 Å². The molecular formula is C20H32O. The van der Waals surface area contributed by atoms with Gasteiger partial charge in [-0.05, 0) is 60.5 Å². The minimum absolute atomic E-state index is 0.362. The van der Waals surface area contributed by atoms with Crippen molar-refractivity contribution in [2.45, 2.75) is 72.3 Å². The molecule has 0 aliphatic heterocycles. The van der Waals surface area contributed by atoms with E-state index in [9.17, 15) is 5.11 Å². The Morgan fingerprint density at radius 3 is 2.33 bits per heavy atom. The van der Waals surface area contributed by atoms with Crippen LogP contribution in [0.1, 0.15) is 71.4 Å². The van der Waals surface area contributed by atoms with E-state index in [-0.39, 0.29) is 0 Å². The normalized spacial score (nSPS) is 27.1. The zero-order valence-corrected chi connectivity index (χ0v) is 14.4. The fraction of sp³-hybridized carbons (Fsp3) is 0.700. The lowest BCUT2D eigenvalue weighted by Crippen LogP contribution is -2.35. The van der Waals surface area contributed by atoms with Crippen LogP contribution >= 0.6 is 0 Å². The molecule has 1 nitrogen and oxygen atoms in total. The predicted molar refractivity (Wildman–Crippen MR) is 90.3 cm³/mol. The largest absolute Gasteiger partial charge is 0.385 e. The fourth-order valence-corrected chi connectivity index (χ4v) is 3.71. The lowest BCUT2D eigenvalue weighted by atomic mass is 9.67. The van der Waals surface area contributed by atoms with Gasteiger partial charge in [0.15, 0.2) is 0 Å². The van der Waals surface area contributed by atoms with Crippen LogP contribution in [-0.2, 0) is 12.0 Å². The molecule has 0 radical (unpaired) electrons. The third kappa shape index (κ3) is 4.10. The van der Waals surface area contributed by atoms with E-state index in [0.717, 1.165) is 43.6 Å². The van der Waals surface area contributed by atoms with Crippen LogP contribution in [0.15, 0.2) is 24.3 Å². The van der Waals surface area contributed by atoms with E-state index in [4.69, 9.17) is 0 Å². The Balaban J connectivity index is 2.11. The molecule has 118 valence electrons. The highest BCUT2D eigenvalue weighted by atomic mass is 16.3. The van der Waals surface area contributed by atoms with E-state index in [2.05, 4.69) is 58.9 Å². The Labute approximate surface area is 130 Å². The van der Waals surface area contributed by atoms with Gasteiger partial charge in [0.2, 0.25) is 0 Å². The summed E-state index contributed by atoms with van der Waals surface area (Å²) in [6, 6.07) is 8.65. The zero-order valence-electron chi connectivity index (χ0n) is 14.4. The van der Waals surface area contributed by atoms with Crippen molar-refractivity contribution in [3.05, 3.63) is 35.4 Å². The highest BCUT2D eigenvalue weighted by molar-refractivity contribution is 5.29. The third-order valence-corrected chi connectivity index (χ3v) is 5.15. The monoisotopic (exact) mass is 288 g/mol. The molecule has 0 unspecified atom stereocenters. The Bertz CT molecular complexity index is 459. The average Bonchev–Trinajstić information content (AvgIpc) is 2.37. The molecule has 0 aromatic heterocycles. The van der Waals surface area contributed by atoms with E-state index in [1.54, 1.807) is 0 Å². The Hall–Kier alpha value is -0.820. The first-order valence-electron chi connectivity index (χ1n) is 8.52. The number of benzene rings is 1. The fourth-order valence-electron chi connectivity index (χ4n) is 3.71. The number of hydrogen-bond donors (Lipinski definition) is 1. The van der Waals surface area contributed by atoms with Crippen LogP contribution in [0.3, 0.4) is 0 Å². The van der Waals surface area contributed by atoms with Crippen molar-refractivity contribution in [2.75, 3.05) is 0 Å². The van der Waals surface area contributed by atoms with Gasteiger partial charge in [0.05, 0.1) is 5.60 Å². The molecule has 1 N–H and O–H groups in total. The van der Waals surface area contributed by atoms with Crippen molar-refractivity contribution in [1.82, 2.24) is 0 Å². The summed E-state index contributed by atoms with van der Waals surface area (Å²) in [6.45, 7) is 11.5. The molecular weight excluding hydrogens is 256 g/mol. The lowest BCUT2D eigenvalue weighted by molar-refractivity contribution is -0.0298. The summed E-state index contributed by atoms with van der Waals surface area (Å²) in [6.07, 6.45) is 5.16. The Kier molecular flexibility index (Phi) is 4.82. The maximum absolute atomic E-state index is 11.1. The van der Waals surface area contributed by atoms with Crippen molar-refractivity contribution in [3.63, 3.8) is 0 Å². The third-order valence-electron chi connectivity index (χ3n) is 5.15. The summed E-state index contributed by atoms with van der Waals surface area (Å²) in [7, 11) is 0. The van der Waals surface area contributed by atoms with Gasteiger partial charge < -0.3 is 5.11 Å². The smallest absolute Gasteiger partial charge is 0.0896 e. The van der Waals surface area contributed by atoms with Crippen LogP contribution in [0.25, 0.3) is 0 Å². The Morgan fingerprint density at radius 2 is 1.81 bits per heavy atom. The average molecular weight is 288 g/mol. The van der Waals surface area contributed by atoms with Crippen molar-refractivity contribution in [2.24, 2.45) is 17.3 Å². The van der Waals surface area contributed by atoms with Crippen molar-refractivity contribution in [1.29, 1.82) is 0 Å². The van der Waals surface area contributed by atoms with Gasteiger partial charge in [-0.3, -0.25) is 0 Å². The number of hydrogen-bond acceptors (Lipinski definition) is 1. The molecule has 1 aliphatic rings. The molecule has 1 fully saturated rings. The maximum atomic E-state index is 11.1. The van der Waals surface area contributed by atoms with Crippen LogP contribution < -0.4 is 0 Å². The summed E-state index contributed by atoms with van der Waals surface area (Å²) in [5.41, 5.74) is 2.25. The van der Waals surface area contributed by atoms with Gasteiger partial charge >= 0.3 is 0 Å². The SMILES string of the molecule is CC(C)Cc1cccc(C2(O)CCC(C(C)(C)C)CC2)c1. The van der Waals surface area contributed by atoms with Crippen molar-refractivity contribution in [3.8, 4) is 0 Å². The molecule has 1 aromatic rings. The van der Waals surface area contributed by atoms with Gasteiger partial charge in [0, 0.05) is 0 Å². The predicted octanol–water partition coefficient (Wildman–Crippen LogP) is 5.31. The first kappa shape index (κ1) is 16.5. The van der Waals surface area contributed by atoms with Gasteiger partial charge in [-0.1, -0.05) is 58.9 Å². The molecule has 21 heavy (non-hydrogen) atoms. The van der Waals surface area contributed by atoms with Crippen LogP contribution in [0.2, 0.25) is 0 Å². The first-order chi connectivity index (χ1) is 9.71. The molecule has 0 bridgehead atoms. The number of rotatable bonds is 3. The topological polar surface area (TPSA) is 20.2 Å². The minimum atomic E-state index is -0.602. The van der Waals surface area contributed by atoms with Gasteiger partial charge in [0.1, 0.15) is 0 Å². The first-order valence-corrected chi connectivity index (χ1v) is 8.52. The summed E-state index contributed by atoms with van der Waals surface area (Å²) >= 11 is 0. The van der Waals surface area contributed by atoms with E-state index in [1.165, 1.54) is 5.56 Å². The molecule has 1 aliphatic carbocycles. The maximum Gasteiger partial charge on any atom is 0.0896 e. The van der Waals surface area contributed by atoms with E-state index in [0.29, 0.717) is 11.3 Å². The van der Waals surface area contributed by atoms with E-state index < -0.39 is 5.60 Å². The van der Waals surface area contributed by atoms with Gasteiger partial charge in [-0.2, -0.15) is 0 Å². The molecule has 1 heteroatoms. The van der Waals surface area contributed by atoms with Crippen molar-refractivity contribution < 1.29 is 5.11 Å². The molecule has 0 atom stereocenters. The highest BCUT2D eigenvalue weighted by Gasteiger charge is 2.38. The summed E-state index contributed by atoms with van der Waals surface area (Å²) in [4.78, 5) is 0. The summed E-state index contributed by atoms with van der Waals surface area (Å²) in [5, 5.41) is 11.1. The second-order valence-electron chi connectivity index (χ2n) is 8.47. The standard InChI is InChI=1S/C20H32O/c1-15(2)13-16-7-6-8-18(14-16)20(21)11-9-17(10-12-20)19(3,4)5/h6-8,14-15,17,21H,9-13H2,1-5H3. The van der Waals surface area contributed by atoms with Gasteiger partial charge in [0.25, 0.3) is 0 Å². The molecule has 0 spiro atoms. The summed E-state index contributed by atoms with van der Waals surface area (Å²) in [5.74, 6) is 1.39.